The summed E-state index contributed by atoms with van der Waals surface area (Å²) >= 11 is 0. The molecule has 0 saturated heterocycles. The van der Waals surface area contributed by atoms with Crippen LogP contribution in [0.25, 0.3) is 11.0 Å². The lowest BCUT2D eigenvalue weighted by molar-refractivity contribution is 0.1000. The largest absolute Gasteiger partial charge is 0.365 e. The van der Waals surface area contributed by atoms with Crippen LogP contribution in [0.15, 0.2) is 59.7 Å². The molecule has 0 aliphatic rings. The highest BCUT2D eigenvalue weighted by molar-refractivity contribution is 5.98. The van der Waals surface area contributed by atoms with Crippen LogP contribution < -0.4 is 21.2 Å². The molecular formula is C19H16N10O2. The lowest BCUT2D eigenvalue weighted by Crippen LogP contribution is -2.17. The lowest BCUT2D eigenvalue weighted by Gasteiger charge is -2.11. The molecule has 0 bridgehead atoms. The number of nitrogens with one attached hydrogen (secondary N) is 3. The van der Waals surface area contributed by atoms with Gasteiger partial charge in [-0.3, -0.25) is 10.2 Å². The van der Waals surface area contributed by atoms with Crippen LogP contribution in [-0.2, 0) is 0 Å². The number of benzene rings is 2. The molecule has 0 aliphatic heterocycles. The van der Waals surface area contributed by atoms with Crippen LogP contribution >= 0.6 is 0 Å². The predicted molar refractivity (Wildman–Crippen MR) is 115 cm³/mol. The summed E-state index contributed by atoms with van der Waals surface area (Å²) in [5, 5.41) is 20.7. The van der Waals surface area contributed by atoms with Gasteiger partial charge in [0.15, 0.2) is 5.82 Å². The van der Waals surface area contributed by atoms with E-state index in [-0.39, 0.29) is 17.4 Å². The number of fused-ring (bicyclic) bond motifs is 1. The van der Waals surface area contributed by atoms with Gasteiger partial charge in [0, 0.05) is 17.6 Å². The molecule has 0 saturated carbocycles. The first-order valence-corrected chi connectivity index (χ1v) is 8.94. The standard InChI is InChI=1S/C19H16N10O2/c20-10-22-11-24-12-5-7-13(8-6-12)25-18-14(17(21)30)9-23-19(26-18)31-29-16-4-2-1-3-15(16)27-28-29/h1-11H,(H2,21,30)(H2,20,22,24)(H,23,25,26). The Hall–Kier alpha value is -4.87. The molecule has 0 unspecified atom stereocenters. The van der Waals surface area contributed by atoms with Gasteiger partial charge < -0.3 is 21.2 Å². The Morgan fingerprint density at radius 1 is 1.16 bits per heavy atom. The van der Waals surface area contributed by atoms with Crippen molar-refractivity contribution in [3.63, 3.8) is 0 Å². The van der Waals surface area contributed by atoms with Crippen LogP contribution in [0.1, 0.15) is 10.4 Å². The van der Waals surface area contributed by atoms with Gasteiger partial charge in [-0.2, -0.15) is 4.98 Å². The van der Waals surface area contributed by atoms with Crippen LogP contribution in [0, 0.1) is 5.41 Å². The van der Waals surface area contributed by atoms with E-state index in [2.05, 4.69) is 35.9 Å². The van der Waals surface area contributed by atoms with Gasteiger partial charge in [0.2, 0.25) is 0 Å². The smallest absolute Gasteiger partial charge is 0.347 e. The van der Waals surface area contributed by atoms with Crippen molar-refractivity contribution in [2.24, 2.45) is 10.7 Å². The third kappa shape index (κ3) is 4.42. The molecule has 4 rings (SSSR count). The Labute approximate surface area is 175 Å². The van der Waals surface area contributed by atoms with Gasteiger partial charge in [0.05, 0.1) is 6.34 Å². The summed E-state index contributed by atoms with van der Waals surface area (Å²) in [5.41, 5.74) is 8.23. The fraction of sp³-hybridized carbons (Fsp3) is 0. The summed E-state index contributed by atoms with van der Waals surface area (Å²) in [5.74, 6) is -0.519. The first kappa shape index (κ1) is 19.4. The number of carbonyl (C=O) groups is 1. The van der Waals surface area contributed by atoms with Crippen molar-refractivity contribution in [2.75, 3.05) is 10.6 Å². The fourth-order valence-electron chi connectivity index (χ4n) is 2.61. The van der Waals surface area contributed by atoms with Crippen LogP contribution in [0.4, 0.5) is 17.2 Å². The average Bonchev–Trinajstić information content (AvgIpc) is 3.18. The number of nitrogens with zero attached hydrogens (tertiary/aromatic N) is 6. The van der Waals surface area contributed by atoms with E-state index in [9.17, 15) is 4.79 Å². The Kier molecular flexibility index (Phi) is 5.43. The minimum Gasteiger partial charge on any atom is -0.365 e. The average molecular weight is 416 g/mol. The molecule has 31 heavy (non-hydrogen) atoms. The lowest BCUT2D eigenvalue weighted by atomic mass is 10.2. The van der Waals surface area contributed by atoms with Crippen molar-refractivity contribution in [1.29, 1.82) is 5.41 Å². The minimum absolute atomic E-state index is 0.0516. The first-order chi connectivity index (χ1) is 15.1. The zero-order chi connectivity index (χ0) is 21.6. The number of hydrogen-bond donors (Lipinski definition) is 4. The van der Waals surface area contributed by atoms with Crippen LogP contribution in [-0.4, -0.2) is 43.7 Å². The van der Waals surface area contributed by atoms with E-state index >= 15 is 0 Å². The molecule has 0 spiro atoms. The minimum atomic E-state index is -0.693. The van der Waals surface area contributed by atoms with Gasteiger partial charge in [-0.15, -0.1) is 5.10 Å². The molecule has 0 aliphatic carbocycles. The Morgan fingerprint density at radius 2 is 1.94 bits per heavy atom. The van der Waals surface area contributed by atoms with Crippen LogP contribution in [0.2, 0.25) is 0 Å². The number of primary amides is 1. The van der Waals surface area contributed by atoms with Crippen molar-refractivity contribution in [3.8, 4) is 6.01 Å². The van der Waals surface area contributed by atoms with E-state index in [0.29, 0.717) is 16.7 Å². The highest BCUT2D eigenvalue weighted by atomic mass is 16.7. The van der Waals surface area contributed by atoms with Gasteiger partial charge >= 0.3 is 6.01 Å². The van der Waals surface area contributed by atoms with Gasteiger partial charge in [-0.05, 0) is 41.6 Å². The molecule has 0 atom stereocenters. The number of aromatic nitrogens is 5. The summed E-state index contributed by atoms with van der Waals surface area (Å²) in [6, 6.07) is 14.3. The van der Waals surface area contributed by atoms with Gasteiger partial charge in [0.25, 0.3) is 5.91 Å². The number of rotatable bonds is 8. The molecule has 154 valence electrons. The van der Waals surface area contributed by atoms with E-state index in [4.69, 9.17) is 16.0 Å². The maximum absolute atomic E-state index is 11.8. The van der Waals surface area contributed by atoms with Crippen molar-refractivity contribution >= 4 is 46.8 Å². The number of amides is 1. The molecule has 4 aromatic rings. The summed E-state index contributed by atoms with van der Waals surface area (Å²) in [4.78, 5) is 30.5. The maximum Gasteiger partial charge on any atom is 0.347 e. The highest BCUT2D eigenvalue weighted by Gasteiger charge is 2.15. The second-order valence-corrected chi connectivity index (χ2v) is 6.08. The highest BCUT2D eigenvalue weighted by Crippen LogP contribution is 2.22. The quantitative estimate of drug-likeness (QED) is 0.249. The Balaban J connectivity index is 1.58. The zero-order valence-corrected chi connectivity index (χ0v) is 15.9. The molecule has 2 heterocycles. The summed E-state index contributed by atoms with van der Waals surface area (Å²) in [6.45, 7) is 0. The van der Waals surface area contributed by atoms with E-state index in [1.807, 2.05) is 12.1 Å². The molecular weight excluding hydrogens is 400 g/mol. The van der Waals surface area contributed by atoms with Crippen molar-refractivity contribution < 1.29 is 9.63 Å². The molecule has 2 aromatic heterocycles. The number of aliphatic imine (C=N–C) groups is 1. The zero-order valence-electron chi connectivity index (χ0n) is 15.9. The van der Waals surface area contributed by atoms with Crippen LogP contribution in [0.3, 0.4) is 0 Å². The molecule has 5 N–H and O–H groups in total. The molecule has 1 amide bonds. The van der Waals surface area contributed by atoms with Gasteiger partial charge in [-0.25, -0.2) is 9.98 Å². The normalized spacial score (nSPS) is 10.8. The number of nitrogens with two attached hydrogens (primary N) is 1. The predicted octanol–water partition coefficient (Wildman–Crippen LogP) is 1.95. The van der Waals surface area contributed by atoms with Crippen molar-refractivity contribution in [1.82, 2.24) is 25.1 Å². The maximum atomic E-state index is 11.8. The Bertz CT molecular complexity index is 1270. The second-order valence-electron chi connectivity index (χ2n) is 6.08. The van der Waals surface area contributed by atoms with E-state index in [0.717, 1.165) is 12.0 Å². The van der Waals surface area contributed by atoms with Crippen molar-refractivity contribution in [2.45, 2.75) is 0 Å². The SMILES string of the molecule is N=C/N=C\Nc1ccc(Nc2nc(On3nnc4ccccc43)ncc2C(N)=O)cc1. The monoisotopic (exact) mass is 416 g/mol. The van der Waals surface area contributed by atoms with Crippen molar-refractivity contribution in [3.05, 3.63) is 60.3 Å². The van der Waals surface area contributed by atoms with E-state index in [1.54, 1.807) is 36.4 Å². The molecule has 0 radical (unpaired) electrons. The molecule has 0 fully saturated rings. The van der Waals surface area contributed by atoms with Gasteiger partial charge in [-0.1, -0.05) is 17.0 Å². The number of para-hydroxylation sites is 1. The Morgan fingerprint density at radius 3 is 2.71 bits per heavy atom. The van der Waals surface area contributed by atoms with E-state index in [1.165, 1.54) is 17.4 Å². The molecule has 2 aromatic carbocycles. The number of anilines is 3. The summed E-state index contributed by atoms with van der Waals surface area (Å²) < 4.78 is 0. The van der Waals surface area contributed by atoms with Crippen LogP contribution in [0.5, 0.6) is 6.01 Å². The number of carbonyl (C=O) groups excluding carboxylic acids is 1. The first-order valence-electron chi connectivity index (χ1n) is 8.94. The topological polar surface area (TPSA) is 169 Å². The summed E-state index contributed by atoms with van der Waals surface area (Å²) in [6.07, 6.45) is 3.59. The second kappa shape index (κ2) is 8.65. The third-order valence-electron chi connectivity index (χ3n) is 4.05. The number of hydrogen-bond acceptors (Lipinski definition) is 8. The fourth-order valence-corrected chi connectivity index (χ4v) is 2.61. The van der Waals surface area contributed by atoms with Gasteiger partial charge in [0.1, 0.15) is 22.9 Å². The summed E-state index contributed by atoms with van der Waals surface area (Å²) in [7, 11) is 0. The molecule has 12 nitrogen and oxygen atoms in total. The molecule has 12 heteroatoms. The third-order valence-corrected chi connectivity index (χ3v) is 4.05. The van der Waals surface area contributed by atoms with E-state index < -0.39 is 5.91 Å².